The van der Waals surface area contributed by atoms with Crippen LogP contribution in [0.15, 0.2) is 28.9 Å². The predicted octanol–water partition coefficient (Wildman–Crippen LogP) is 3.39. The van der Waals surface area contributed by atoms with Gasteiger partial charge in [0, 0.05) is 29.3 Å². The molecule has 114 valence electrons. The maximum absolute atomic E-state index is 5.33. The summed E-state index contributed by atoms with van der Waals surface area (Å²) >= 11 is 3.63. The Hall–Kier alpha value is -1.33. The van der Waals surface area contributed by atoms with Gasteiger partial charge in [0.25, 0.3) is 0 Å². The van der Waals surface area contributed by atoms with Crippen molar-refractivity contribution in [3.8, 4) is 5.75 Å². The van der Waals surface area contributed by atoms with Gasteiger partial charge in [-0.05, 0) is 43.7 Å². The number of methoxy groups -OCH3 is 1. The Morgan fingerprint density at radius 1 is 1.43 bits per heavy atom. The Balaban J connectivity index is 2.30. The van der Waals surface area contributed by atoms with Gasteiger partial charge in [0.05, 0.1) is 12.8 Å². The Kier molecular flexibility index (Phi) is 5.42. The second-order valence-electron chi connectivity index (χ2n) is 5.12. The van der Waals surface area contributed by atoms with E-state index in [1.54, 1.807) is 7.11 Å². The van der Waals surface area contributed by atoms with E-state index in [4.69, 9.17) is 4.74 Å². The van der Waals surface area contributed by atoms with Gasteiger partial charge in [-0.15, -0.1) is 0 Å². The highest BCUT2D eigenvalue weighted by Crippen LogP contribution is 2.28. The molecule has 1 unspecified atom stereocenters. The van der Waals surface area contributed by atoms with Crippen LogP contribution in [0.1, 0.15) is 29.8 Å². The minimum Gasteiger partial charge on any atom is -0.497 e. The predicted molar refractivity (Wildman–Crippen MR) is 88.8 cm³/mol. The molecule has 1 atom stereocenters. The van der Waals surface area contributed by atoms with Crippen molar-refractivity contribution in [3.05, 3.63) is 45.7 Å². The van der Waals surface area contributed by atoms with Gasteiger partial charge in [-0.3, -0.25) is 4.68 Å². The first kappa shape index (κ1) is 16.0. The van der Waals surface area contributed by atoms with Gasteiger partial charge in [0.2, 0.25) is 0 Å². The highest BCUT2D eigenvalue weighted by atomic mass is 79.9. The van der Waals surface area contributed by atoms with E-state index in [2.05, 4.69) is 52.5 Å². The highest BCUT2D eigenvalue weighted by Gasteiger charge is 2.17. The van der Waals surface area contributed by atoms with Gasteiger partial charge in [-0.1, -0.05) is 22.9 Å². The van der Waals surface area contributed by atoms with Crippen LogP contribution in [0.25, 0.3) is 0 Å². The number of nitrogens with zero attached hydrogens (tertiary/aromatic N) is 2. The van der Waals surface area contributed by atoms with E-state index in [1.165, 1.54) is 11.1 Å². The average molecular weight is 352 g/mol. The third-order valence-electron chi connectivity index (χ3n) is 3.55. The summed E-state index contributed by atoms with van der Waals surface area (Å²) in [5.74, 6) is 0.881. The third kappa shape index (κ3) is 3.86. The lowest BCUT2D eigenvalue weighted by atomic mass is 9.99. The number of hydrogen-bond acceptors (Lipinski definition) is 3. The van der Waals surface area contributed by atoms with Crippen LogP contribution in [0.4, 0.5) is 0 Å². The summed E-state index contributed by atoms with van der Waals surface area (Å²) in [6, 6.07) is 6.32. The first-order valence-corrected chi connectivity index (χ1v) is 7.90. The van der Waals surface area contributed by atoms with Crippen LogP contribution in [-0.2, 0) is 13.5 Å². The second kappa shape index (κ2) is 7.09. The summed E-state index contributed by atoms with van der Waals surface area (Å²) < 4.78 is 8.30. The SMILES string of the molecule is CCNC(Cc1cc(OC)ccc1Br)c1cn(C)nc1C. The van der Waals surface area contributed by atoms with Gasteiger partial charge in [0.15, 0.2) is 0 Å². The fraction of sp³-hybridized carbons (Fsp3) is 0.438. The summed E-state index contributed by atoms with van der Waals surface area (Å²) in [6.45, 7) is 5.10. The molecule has 0 aliphatic rings. The normalized spacial score (nSPS) is 12.4. The fourth-order valence-electron chi connectivity index (χ4n) is 2.55. The van der Waals surface area contributed by atoms with Crippen LogP contribution < -0.4 is 10.1 Å². The number of benzene rings is 1. The van der Waals surface area contributed by atoms with Crippen molar-refractivity contribution in [1.82, 2.24) is 15.1 Å². The molecule has 5 heteroatoms. The van der Waals surface area contributed by atoms with E-state index in [0.29, 0.717) is 0 Å². The van der Waals surface area contributed by atoms with E-state index in [0.717, 1.165) is 28.9 Å². The molecule has 0 spiro atoms. The molecule has 0 radical (unpaired) electrons. The van der Waals surface area contributed by atoms with Crippen molar-refractivity contribution in [1.29, 1.82) is 0 Å². The number of aromatic nitrogens is 2. The summed E-state index contributed by atoms with van der Waals surface area (Å²) in [7, 11) is 3.65. The smallest absolute Gasteiger partial charge is 0.119 e. The molecule has 1 aromatic heterocycles. The Morgan fingerprint density at radius 3 is 2.76 bits per heavy atom. The van der Waals surface area contributed by atoms with E-state index < -0.39 is 0 Å². The third-order valence-corrected chi connectivity index (χ3v) is 4.33. The molecule has 0 fully saturated rings. The largest absolute Gasteiger partial charge is 0.497 e. The monoisotopic (exact) mass is 351 g/mol. The fourth-order valence-corrected chi connectivity index (χ4v) is 2.96. The van der Waals surface area contributed by atoms with Crippen molar-refractivity contribution in [2.75, 3.05) is 13.7 Å². The Labute approximate surface area is 134 Å². The second-order valence-corrected chi connectivity index (χ2v) is 5.97. The zero-order valence-electron chi connectivity index (χ0n) is 13.0. The molecule has 2 aromatic rings. The summed E-state index contributed by atoms with van der Waals surface area (Å²) in [5.41, 5.74) is 3.54. The van der Waals surface area contributed by atoms with Crippen LogP contribution in [0.2, 0.25) is 0 Å². The topological polar surface area (TPSA) is 39.1 Å². The van der Waals surface area contributed by atoms with Gasteiger partial charge in [-0.25, -0.2) is 0 Å². The van der Waals surface area contributed by atoms with Crippen LogP contribution in [0.3, 0.4) is 0 Å². The molecule has 0 bridgehead atoms. The van der Waals surface area contributed by atoms with Crippen LogP contribution in [0, 0.1) is 6.92 Å². The van der Waals surface area contributed by atoms with Gasteiger partial charge in [0.1, 0.15) is 5.75 Å². The molecule has 4 nitrogen and oxygen atoms in total. The van der Waals surface area contributed by atoms with Crippen molar-refractivity contribution in [2.45, 2.75) is 26.3 Å². The number of rotatable bonds is 6. The maximum atomic E-state index is 5.33. The molecular weight excluding hydrogens is 330 g/mol. The molecular formula is C16H22BrN3O. The van der Waals surface area contributed by atoms with Crippen molar-refractivity contribution < 1.29 is 4.74 Å². The first-order chi connectivity index (χ1) is 10.0. The average Bonchev–Trinajstić information content (AvgIpc) is 2.79. The number of likely N-dealkylation sites (N-methyl/N-ethyl adjacent to an activating group) is 1. The minimum absolute atomic E-state index is 0.243. The number of halogens is 1. The number of nitrogens with one attached hydrogen (secondary N) is 1. The van der Waals surface area contributed by atoms with E-state index in [9.17, 15) is 0 Å². The lowest BCUT2D eigenvalue weighted by molar-refractivity contribution is 0.413. The van der Waals surface area contributed by atoms with E-state index in [-0.39, 0.29) is 6.04 Å². The van der Waals surface area contributed by atoms with Crippen LogP contribution in [0.5, 0.6) is 5.75 Å². The molecule has 0 aliphatic carbocycles. The summed E-state index contributed by atoms with van der Waals surface area (Å²) in [6.07, 6.45) is 2.98. The standard InChI is InChI=1S/C16H22BrN3O/c1-5-18-16(14-10-20(3)19-11(14)2)9-12-8-13(21-4)6-7-15(12)17/h6-8,10,16,18H,5,9H2,1-4H3. The lowest BCUT2D eigenvalue weighted by Gasteiger charge is -2.19. The quantitative estimate of drug-likeness (QED) is 0.866. The first-order valence-electron chi connectivity index (χ1n) is 7.11. The number of ether oxygens (including phenoxy) is 1. The van der Waals surface area contributed by atoms with Gasteiger partial charge >= 0.3 is 0 Å². The van der Waals surface area contributed by atoms with Crippen molar-refractivity contribution >= 4 is 15.9 Å². The molecule has 0 amide bonds. The highest BCUT2D eigenvalue weighted by molar-refractivity contribution is 9.10. The summed E-state index contributed by atoms with van der Waals surface area (Å²) in [5, 5.41) is 8.00. The van der Waals surface area contributed by atoms with Gasteiger partial charge in [-0.2, -0.15) is 5.10 Å². The van der Waals surface area contributed by atoms with E-state index >= 15 is 0 Å². The van der Waals surface area contributed by atoms with Crippen LogP contribution >= 0.6 is 15.9 Å². The molecule has 0 aliphatic heterocycles. The molecule has 0 saturated heterocycles. The Bertz CT molecular complexity index is 610. The molecule has 2 rings (SSSR count). The zero-order chi connectivity index (χ0) is 15.4. The minimum atomic E-state index is 0.243. The zero-order valence-corrected chi connectivity index (χ0v) is 14.6. The van der Waals surface area contributed by atoms with Crippen LogP contribution in [-0.4, -0.2) is 23.4 Å². The number of hydrogen-bond donors (Lipinski definition) is 1. The Morgan fingerprint density at radius 2 is 2.19 bits per heavy atom. The molecule has 1 N–H and O–H groups in total. The maximum Gasteiger partial charge on any atom is 0.119 e. The molecule has 1 heterocycles. The van der Waals surface area contributed by atoms with Gasteiger partial charge < -0.3 is 10.1 Å². The molecule has 1 aromatic carbocycles. The molecule has 21 heavy (non-hydrogen) atoms. The molecule has 0 saturated carbocycles. The lowest BCUT2D eigenvalue weighted by Crippen LogP contribution is -2.23. The summed E-state index contributed by atoms with van der Waals surface area (Å²) in [4.78, 5) is 0. The van der Waals surface area contributed by atoms with E-state index in [1.807, 2.05) is 23.9 Å². The van der Waals surface area contributed by atoms with Crippen molar-refractivity contribution in [2.24, 2.45) is 7.05 Å². The number of aryl methyl sites for hydroxylation is 2. The van der Waals surface area contributed by atoms with Crippen molar-refractivity contribution in [3.63, 3.8) is 0 Å².